The van der Waals surface area contributed by atoms with Gasteiger partial charge in [-0.05, 0) is 113 Å². The lowest BCUT2D eigenvalue weighted by molar-refractivity contribution is 0.353. The lowest BCUT2D eigenvalue weighted by atomic mass is 9.67. The molecule has 46 heavy (non-hydrogen) atoms. The van der Waals surface area contributed by atoms with Gasteiger partial charge in [0.1, 0.15) is 0 Å². The fourth-order valence-electron chi connectivity index (χ4n) is 9.01. The molecule has 0 bridgehead atoms. The van der Waals surface area contributed by atoms with Crippen LogP contribution in [0.3, 0.4) is 0 Å². The number of fused-ring (bicyclic) bond motifs is 5. The molecule has 0 nitrogen and oxygen atoms in total. The third kappa shape index (κ3) is 3.74. The largest absolute Gasteiger partial charge is 0.0622 e. The molecule has 0 aromatic heterocycles. The minimum atomic E-state index is 0.0860. The van der Waals surface area contributed by atoms with E-state index in [9.17, 15) is 0 Å². The highest BCUT2D eigenvalue weighted by Crippen LogP contribution is 2.57. The molecule has 2 aliphatic carbocycles. The van der Waals surface area contributed by atoms with Gasteiger partial charge in [0.05, 0.1) is 0 Å². The predicted molar refractivity (Wildman–Crippen MR) is 196 cm³/mol. The van der Waals surface area contributed by atoms with Crippen LogP contribution in [0.4, 0.5) is 0 Å². The maximum Gasteiger partial charge on any atom is 0.0215 e. The molecule has 8 aromatic carbocycles. The Morgan fingerprint density at radius 3 is 1.59 bits per heavy atom. The van der Waals surface area contributed by atoms with E-state index in [4.69, 9.17) is 0 Å². The third-order valence-corrected chi connectivity index (χ3v) is 11.2. The Labute approximate surface area is 270 Å². The van der Waals surface area contributed by atoms with Crippen LogP contribution >= 0.6 is 0 Å². The molecule has 0 heteroatoms. The van der Waals surface area contributed by atoms with Crippen molar-refractivity contribution in [2.75, 3.05) is 0 Å². The second-order valence-electron chi connectivity index (χ2n) is 13.6. The van der Waals surface area contributed by atoms with Crippen molar-refractivity contribution >= 4 is 32.3 Å². The van der Waals surface area contributed by atoms with Gasteiger partial charge in [0, 0.05) is 5.41 Å². The quantitative estimate of drug-likeness (QED) is 0.181. The summed E-state index contributed by atoms with van der Waals surface area (Å²) in [5, 5.41) is 8.11. The lowest BCUT2D eigenvalue weighted by Crippen LogP contribution is -2.28. The standard InChI is InChI=1S/C46H34/c1-3-8-30(9-4-1)31-12-14-32(15-13-31)36-20-23-39-40-24-21-37(29-43(40)46(42(39)28-36)26-5-2-6-27-46)38-22-18-35-17-16-33-10-7-11-34-19-25-41(38)45(35)44(33)34/h1,3-4,7-25,28-29H,2,5-6,26-27H2. The minimum absolute atomic E-state index is 0.0860. The van der Waals surface area contributed by atoms with Crippen molar-refractivity contribution in [2.24, 2.45) is 0 Å². The molecule has 218 valence electrons. The van der Waals surface area contributed by atoms with Crippen LogP contribution in [-0.4, -0.2) is 0 Å². The van der Waals surface area contributed by atoms with Crippen LogP contribution in [-0.2, 0) is 5.41 Å². The van der Waals surface area contributed by atoms with E-state index in [1.54, 1.807) is 11.1 Å². The molecular weight excluding hydrogens is 553 g/mol. The summed E-state index contributed by atoms with van der Waals surface area (Å²) in [6.45, 7) is 0. The summed E-state index contributed by atoms with van der Waals surface area (Å²) in [5.41, 5.74) is 13.9. The Morgan fingerprint density at radius 1 is 0.348 bits per heavy atom. The zero-order valence-corrected chi connectivity index (χ0v) is 25.9. The zero-order chi connectivity index (χ0) is 30.2. The van der Waals surface area contributed by atoms with E-state index in [0.717, 1.165) is 0 Å². The van der Waals surface area contributed by atoms with E-state index in [1.807, 2.05) is 0 Å². The van der Waals surface area contributed by atoms with E-state index in [2.05, 4.69) is 146 Å². The molecule has 0 unspecified atom stereocenters. The van der Waals surface area contributed by atoms with Gasteiger partial charge in [-0.25, -0.2) is 0 Å². The van der Waals surface area contributed by atoms with Gasteiger partial charge in [0.15, 0.2) is 0 Å². The van der Waals surface area contributed by atoms with E-state index in [-0.39, 0.29) is 5.41 Å². The van der Waals surface area contributed by atoms with Crippen LogP contribution in [0.2, 0.25) is 0 Å². The smallest absolute Gasteiger partial charge is 0.0215 e. The first-order valence-corrected chi connectivity index (χ1v) is 16.9. The number of hydrogen-bond acceptors (Lipinski definition) is 0. The molecule has 0 saturated heterocycles. The third-order valence-electron chi connectivity index (χ3n) is 11.2. The van der Waals surface area contributed by atoms with Crippen molar-refractivity contribution in [3.63, 3.8) is 0 Å². The molecule has 1 saturated carbocycles. The number of benzene rings is 8. The van der Waals surface area contributed by atoms with E-state index in [0.29, 0.717) is 0 Å². The molecule has 2 aliphatic rings. The minimum Gasteiger partial charge on any atom is -0.0622 e. The van der Waals surface area contributed by atoms with Crippen LogP contribution in [0.25, 0.3) is 76.8 Å². The van der Waals surface area contributed by atoms with Gasteiger partial charge in [0.25, 0.3) is 0 Å². The first kappa shape index (κ1) is 26.1. The first-order chi connectivity index (χ1) is 22.8. The van der Waals surface area contributed by atoms with E-state index < -0.39 is 0 Å². The maximum absolute atomic E-state index is 2.57. The first-order valence-electron chi connectivity index (χ1n) is 16.9. The van der Waals surface area contributed by atoms with Crippen LogP contribution in [0.15, 0.2) is 146 Å². The Morgan fingerprint density at radius 2 is 0.870 bits per heavy atom. The number of hydrogen-bond donors (Lipinski definition) is 0. The highest BCUT2D eigenvalue weighted by molar-refractivity contribution is 6.25. The molecule has 0 aliphatic heterocycles. The summed E-state index contributed by atoms with van der Waals surface area (Å²) >= 11 is 0. The average molecular weight is 587 g/mol. The van der Waals surface area contributed by atoms with Crippen molar-refractivity contribution in [3.8, 4) is 44.5 Å². The Kier molecular flexibility index (Phi) is 5.61. The fraction of sp³-hybridized carbons (Fsp3) is 0.130. The van der Waals surface area contributed by atoms with Crippen molar-refractivity contribution in [1.82, 2.24) is 0 Å². The molecule has 10 rings (SSSR count). The molecular formula is C46H34. The van der Waals surface area contributed by atoms with Gasteiger partial charge >= 0.3 is 0 Å². The normalized spacial score (nSPS) is 15.1. The number of rotatable bonds is 3. The zero-order valence-electron chi connectivity index (χ0n) is 25.9. The van der Waals surface area contributed by atoms with Gasteiger partial charge in [0.2, 0.25) is 0 Å². The summed E-state index contributed by atoms with van der Waals surface area (Å²) in [6, 6.07) is 55.1. The molecule has 8 aromatic rings. The van der Waals surface area contributed by atoms with Crippen molar-refractivity contribution < 1.29 is 0 Å². The van der Waals surface area contributed by atoms with Gasteiger partial charge < -0.3 is 0 Å². The molecule has 0 radical (unpaired) electrons. The van der Waals surface area contributed by atoms with Crippen LogP contribution in [0.1, 0.15) is 43.2 Å². The highest BCUT2D eigenvalue weighted by Gasteiger charge is 2.44. The van der Waals surface area contributed by atoms with Crippen LogP contribution in [0, 0.1) is 0 Å². The summed E-state index contributed by atoms with van der Waals surface area (Å²) in [7, 11) is 0. The van der Waals surface area contributed by atoms with Crippen LogP contribution in [0.5, 0.6) is 0 Å². The molecule has 0 N–H and O–H groups in total. The second-order valence-corrected chi connectivity index (χ2v) is 13.6. The van der Waals surface area contributed by atoms with Crippen LogP contribution < -0.4 is 0 Å². The molecule has 0 amide bonds. The summed E-state index contributed by atoms with van der Waals surface area (Å²) in [6.07, 6.45) is 6.37. The van der Waals surface area contributed by atoms with E-state index >= 15 is 0 Å². The average Bonchev–Trinajstić information content (AvgIpc) is 3.38. The Bertz CT molecular complexity index is 2410. The lowest BCUT2D eigenvalue weighted by Gasteiger charge is -2.36. The maximum atomic E-state index is 2.57. The molecule has 0 atom stereocenters. The highest BCUT2D eigenvalue weighted by atomic mass is 14.5. The van der Waals surface area contributed by atoms with Gasteiger partial charge in [-0.1, -0.05) is 153 Å². The monoisotopic (exact) mass is 586 g/mol. The molecule has 0 heterocycles. The van der Waals surface area contributed by atoms with Gasteiger partial charge in [-0.2, -0.15) is 0 Å². The predicted octanol–water partition coefficient (Wildman–Crippen LogP) is 12.8. The van der Waals surface area contributed by atoms with Crippen molar-refractivity contribution in [3.05, 3.63) is 157 Å². The van der Waals surface area contributed by atoms with E-state index in [1.165, 1.54) is 109 Å². The fourth-order valence-corrected chi connectivity index (χ4v) is 9.01. The Balaban J connectivity index is 1.11. The topological polar surface area (TPSA) is 0 Å². The summed E-state index contributed by atoms with van der Waals surface area (Å²) in [5.74, 6) is 0. The van der Waals surface area contributed by atoms with Gasteiger partial charge in [-0.15, -0.1) is 0 Å². The summed E-state index contributed by atoms with van der Waals surface area (Å²) < 4.78 is 0. The second kappa shape index (κ2) is 9.90. The molecule has 1 fully saturated rings. The Hall–Kier alpha value is -5.20. The molecule has 1 spiro atoms. The SMILES string of the molecule is c1ccc(-c2ccc(-c3ccc4c(c3)C3(CCCCC3)c3cc(-c5ccc6ccc7cccc8ccc5c6c78)ccc3-4)cc2)cc1. The van der Waals surface area contributed by atoms with Gasteiger partial charge in [-0.3, -0.25) is 0 Å². The summed E-state index contributed by atoms with van der Waals surface area (Å²) in [4.78, 5) is 0. The van der Waals surface area contributed by atoms with Crippen molar-refractivity contribution in [1.29, 1.82) is 0 Å². The van der Waals surface area contributed by atoms with Crippen molar-refractivity contribution in [2.45, 2.75) is 37.5 Å².